The number of rotatable bonds is 5. The van der Waals surface area contributed by atoms with Crippen LogP contribution >= 0.6 is 22.6 Å². The van der Waals surface area contributed by atoms with Gasteiger partial charge in [-0.3, -0.25) is 4.79 Å². The molecule has 1 unspecified atom stereocenters. The van der Waals surface area contributed by atoms with Gasteiger partial charge in [0.05, 0.1) is 8.07 Å². The fourth-order valence-electron chi connectivity index (χ4n) is 1.42. The lowest BCUT2D eigenvalue weighted by Gasteiger charge is -2.27. The van der Waals surface area contributed by atoms with E-state index in [1.807, 2.05) is 19.6 Å². The molecule has 18 heavy (non-hydrogen) atoms. The summed E-state index contributed by atoms with van der Waals surface area (Å²) in [6, 6.07) is 7.78. The van der Waals surface area contributed by atoms with E-state index in [0.29, 0.717) is 0 Å². The van der Waals surface area contributed by atoms with E-state index in [1.165, 1.54) is 12.1 Å². The summed E-state index contributed by atoms with van der Waals surface area (Å²) in [6.45, 7) is 6.10. The highest BCUT2D eigenvalue weighted by atomic mass is 127. The van der Waals surface area contributed by atoms with E-state index in [9.17, 15) is 13.6 Å². The van der Waals surface area contributed by atoms with Crippen molar-refractivity contribution >= 4 is 36.4 Å². The Labute approximate surface area is 121 Å². The van der Waals surface area contributed by atoms with Crippen molar-refractivity contribution in [1.82, 2.24) is 0 Å². The zero-order valence-corrected chi connectivity index (χ0v) is 13.9. The molecular formula is C13H17F2IOSi. The minimum absolute atomic E-state index is 0.0849. The Morgan fingerprint density at radius 2 is 1.78 bits per heavy atom. The first-order chi connectivity index (χ1) is 8.14. The molecule has 0 amide bonds. The molecule has 0 aromatic heterocycles. The van der Waals surface area contributed by atoms with Crippen LogP contribution in [0.25, 0.3) is 0 Å². The Morgan fingerprint density at radius 3 is 2.22 bits per heavy atom. The van der Waals surface area contributed by atoms with Crippen molar-refractivity contribution in [2.75, 3.05) is 0 Å². The smallest absolute Gasteiger partial charge is 0.287 e. The lowest BCUT2D eigenvalue weighted by Crippen LogP contribution is -2.41. The Kier molecular flexibility index (Phi) is 5.05. The van der Waals surface area contributed by atoms with Crippen molar-refractivity contribution in [3.8, 4) is 0 Å². The molecule has 0 aliphatic rings. The molecule has 1 rings (SSSR count). The van der Waals surface area contributed by atoms with Crippen LogP contribution in [0.2, 0.25) is 19.6 Å². The number of hydrogen-bond acceptors (Lipinski definition) is 1. The molecule has 0 aliphatic carbocycles. The van der Waals surface area contributed by atoms with E-state index in [2.05, 4.69) is 22.6 Å². The summed E-state index contributed by atoms with van der Waals surface area (Å²) >= 11 is 2.06. The topological polar surface area (TPSA) is 17.1 Å². The second-order valence-corrected chi connectivity index (χ2v) is 13.5. The number of benzene rings is 1. The van der Waals surface area contributed by atoms with E-state index in [4.69, 9.17) is 0 Å². The van der Waals surface area contributed by atoms with E-state index in [0.717, 1.165) is 0 Å². The number of alkyl halides is 3. The fourth-order valence-corrected chi connectivity index (χ4v) is 2.85. The standard InChI is InChI=1S/C13H17F2IOSi/c1-18(2,3)11(16)9-13(14,15)12(17)10-7-5-4-6-8-10/h4-8,11H,9H2,1-3H3. The molecule has 0 radical (unpaired) electrons. The SMILES string of the molecule is C[Si](C)(C)C(I)CC(F)(F)C(=O)c1ccccc1. The fraction of sp³-hybridized carbons (Fsp3) is 0.462. The van der Waals surface area contributed by atoms with Gasteiger partial charge in [-0.05, 0) is 0 Å². The molecule has 0 saturated carbocycles. The number of carbonyl (C=O) groups excluding carboxylic acids is 1. The predicted molar refractivity (Wildman–Crippen MR) is 81.5 cm³/mol. The number of carbonyl (C=O) groups is 1. The first-order valence-electron chi connectivity index (χ1n) is 5.76. The van der Waals surface area contributed by atoms with Gasteiger partial charge in [0.1, 0.15) is 0 Å². The lowest BCUT2D eigenvalue weighted by atomic mass is 10.0. The average Bonchev–Trinajstić information content (AvgIpc) is 2.27. The van der Waals surface area contributed by atoms with E-state index >= 15 is 0 Å². The monoisotopic (exact) mass is 382 g/mol. The highest BCUT2D eigenvalue weighted by Gasteiger charge is 2.43. The maximum absolute atomic E-state index is 14.0. The third kappa shape index (κ3) is 4.12. The van der Waals surface area contributed by atoms with Crippen molar-refractivity contribution in [3.63, 3.8) is 0 Å². The Hall–Kier alpha value is -0.303. The summed E-state index contributed by atoms with van der Waals surface area (Å²) in [4.78, 5) is 11.8. The van der Waals surface area contributed by atoms with Crippen LogP contribution in [-0.4, -0.2) is 23.3 Å². The number of ketones is 1. The largest absolute Gasteiger partial charge is 0.310 e. The molecule has 1 aromatic rings. The van der Waals surface area contributed by atoms with E-state index in [-0.39, 0.29) is 15.5 Å². The van der Waals surface area contributed by atoms with Gasteiger partial charge < -0.3 is 0 Å². The van der Waals surface area contributed by atoms with Crippen molar-refractivity contribution in [3.05, 3.63) is 35.9 Å². The van der Waals surface area contributed by atoms with Gasteiger partial charge in [-0.2, -0.15) is 8.78 Å². The van der Waals surface area contributed by atoms with Gasteiger partial charge in [-0.15, -0.1) is 0 Å². The molecular weight excluding hydrogens is 365 g/mol. The summed E-state index contributed by atoms with van der Waals surface area (Å²) in [6.07, 6.45) is -0.364. The Morgan fingerprint density at radius 1 is 1.28 bits per heavy atom. The van der Waals surface area contributed by atoms with Gasteiger partial charge in [0.2, 0.25) is 5.78 Å². The van der Waals surface area contributed by atoms with Crippen LogP contribution in [-0.2, 0) is 0 Å². The molecule has 0 bridgehead atoms. The van der Waals surface area contributed by atoms with Gasteiger partial charge >= 0.3 is 5.92 Å². The summed E-state index contributed by atoms with van der Waals surface area (Å²) in [5, 5.41) is 0. The second-order valence-electron chi connectivity index (χ2n) is 5.44. The minimum atomic E-state index is -3.27. The molecule has 1 aromatic carbocycles. The van der Waals surface area contributed by atoms with Crippen LogP contribution < -0.4 is 0 Å². The second kappa shape index (κ2) is 5.77. The first-order valence-corrected chi connectivity index (χ1v) is 10.6. The van der Waals surface area contributed by atoms with Crippen molar-refractivity contribution in [2.45, 2.75) is 35.5 Å². The quantitative estimate of drug-likeness (QED) is 0.316. The van der Waals surface area contributed by atoms with Crippen LogP contribution in [0.3, 0.4) is 0 Å². The normalized spacial score (nSPS) is 14.3. The molecule has 0 fully saturated rings. The number of hydrogen-bond donors (Lipinski definition) is 0. The number of halogens is 3. The summed E-state index contributed by atoms with van der Waals surface area (Å²) in [5.74, 6) is -4.34. The van der Waals surface area contributed by atoms with E-state index < -0.39 is 19.8 Å². The van der Waals surface area contributed by atoms with Gasteiger partial charge in [0, 0.05) is 15.5 Å². The van der Waals surface area contributed by atoms with Crippen LogP contribution in [0.15, 0.2) is 30.3 Å². The molecule has 0 spiro atoms. The van der Waals surface area contributed by atoms with Crippen molar-refractivity contribution in [2.24, 2.45) is 0 Å². The van der Waals surface area contributed by atoms with Gasteiger partial charge in [0.25, 0.3) is 0 Å². The molecule has 0 N–H and O–H groups in total. The van der Waals surface area contributed by atoms with Crippen LogP contribution in [0.4, 0.5) is 8.78 Å². The zero-order valence-electron chi connectivity index (χ0n) is 10.7. The molecule has 0 heterocycles. The minimum Gasteiger partial charge on any atom is -0.287 e. The molecule has 100 valence electrons. The van der Waals surface area contributed by atoms with Crippen molar-refractivity contribution in [1.29, 1.82) is 0 Å². The first kappa shape index (κ1) is 15.8. The van der Waals surface area contributed by atoms with Gasteiger partial charge in [-0.25, -0.2) is 0 Å². The Balaban J connectivity index is 2.84. The highest BCUT2D eigenvalue weighted by Crippen LogP contribution is 2.32. The summed E-state index contributed by atoms with van der Waals surface area (Å²) < 4.78 is 27.8. The molecule has 1 atom stereocenters. The maximum Gasteiger partial charge on any atom is 0.310 e. The molecule has 0 saturated heterocycles. The van der Waals surface area contributed by atoms with E-state index in [1.54, 1.807) is 18.2 Å². The average molecular weight is 382 g/mol. The predicted octanol–water partition coefficient (Wildman–Crippen LogP) is 4.58. The van der Waals surface area contributed by atoms with Gasteiger partial charge in [-0.1, -0.05) is 72.6 Å². The number of Topliss-reactive ketones (excluding diaryl/α,β-unsaturated/α-hetero) is 1. The van der Waals surface area contributed by atoms with Crippen LogP contribution in [0.1, 0.15) is 16.8 Å². The maximum atomic E-state index is 14.0. The summed E-state index contributed by atoms with van der Waals surface area (Å²) in [5.41, 5.74) is 0.0849. The Bertz CT molecular complexity index is 415. The molecule has 0 aliphatic heterocycles. The molecule has 5 heteroatoms. The van der Waals surface area contributed by atoms with Gasteiger partial charge in [0.15, 0.2) is 0 Å². The summed E-state index contributed by atoms with van der Waals surface area (Å²) in [7, 11) is -1.66. The third-order valence-electron chi connectivity index (χ3n) is 2.74. The zero-order chi connectivity index (χ0) is 14.0. The van der Waals surface area contributed by atoms with Crippen molar-refractivity contribution < 1.29 is 13.6 Å². The highest BCUT2D eigenvalue weighted by molar-refractivity contribution is 14.1. The lowest BCUT2D eigenvalue weighted by molar-refractivity contribution is 0.00763. The third-order valence-corrected chi connectivity index (χ3v) is 10.9. The van der Waals surface area contributed by atoms with Crippen LogP contribution in [0.5, 0.6) is 0 Å². The van der Waals surface area contributed by atoms with Crippen LogP contribution in [0, 0.1) is 0 Å². The molecule has 1 nitrogen and oxygen atoms in total.